The highest BCUT2D eigenvalue weighted by molar-refractivity contribution is 14.0. The van der Waals surface area contributed by atoms with E-state index in [4.69, 9.17) is 4.74 Å². The summed E-state index contributed by atoms with van der Waals surface area (Å²) in [5.41, 5.74) is 0.108. The number of nitrogens with zero attached hydrogens (tertiary/aromatic N) is 4. The molecule has 11 heteroatoms. The summed E-state index contributed by atoms with van der Waals surface area (Å²) in [6, 6.07) is -1.40. The molecule has 0 aliphatic carbocycles. The Labute approximate surface area is 193 Å². The second kappa shape index (κ2) is 11.1. The molecule has 0 bridgehead atoms. The molecule has 0 spiro atoms. The highest BCUT2D eigenvalue weighted by Gasteiger charge is 2.42. The largest absolute Gasteiger partial charge is 0.403 e. The van der Waals surface area contributed by atoms with Crippen LogP contribution in [0.3, 0.4) is 0 Å². The number of piperazine rings is 1. The first kappa shape index (κ1) is 25.3. The summed E-state index contributed by atoms with van der Waals surface area (Å²) in [5.74, 6) is 3.04. The Balaban J connectivity index is 0.00000300. The predicted octanol–water partition coefficient (Wildman–Crippen LogP) is 1.96. The molecule has 2 unspecified atom stereocenters. The summed E-state index contributed by atoms with van der Waals surface area (Å²) >= 11 is 1.99. The molecule has 29 heavy (non-hydrogen) atoms. The Morgan fingerprint density at radius 2 is 1.83 bits per heavy atom. The van der Waals surface area contributed by atoms with E-state index in [2.05, 4.69) is 20.1 Å². The molecule has 170 valence electrons. The van der Waals surface area contributed by atoms with Crippen molar-refractivity contribution in [2.24, 2.45) is 4.99 Å². The number of nitrogens with one attached hydrogen (secondary N) is 1. The average Bonchev–Trinajstić information content (AvgIpc) is 3.18. The molecule has 3 aliphatic heterocycles. The van der Waals surface area contributed by atoms with Crippen molar-refractivity contribution in [2.45, 2.75) is 31.1 Å². The molecular weight excluding hydrogens is 518 g/mol. The standard InChI is InChI=1S/C18H32F3N5OS.HI/c1-15(18(19,20)21)24-4-6-25(7-5-24)16(22-2)23-13-17(3-12-28-14-17)26-8-10-27-11-9-26;/h15H,3-14H2,1-2H3,(H,22,23);1H. The number of thioether (sulfide) groups is 1. The molecule has 3 saturated heterocycles. The summed E-state index contributed by atoms with van der Waals surface area (Å²) < 4.78 is 44.4. The normalized spacial score (nSPS) is 28.9. The predicted molar refractivity (Wildman–Crippen MR) is 123 cm³/mol. The number of aliphatic imine (C=N–C) groups is 1. The third-order valence-electron chi connectivity index (χ3n) is 6.19. The van der Waals surface area contributed by atoms with Gasteiger partial charge in [0.15, 0.2) is 5.96 Å². The Hall–Kier alpha value is 0.0200. The highest BCUT2D eigenvalue weighted by atomic mass is 127. The second-order valence-corrected chi connectivity index (χ2v) is 8.87. The van der Waals surface area contributed by atoms with Crippen molar-refractivity contribution < 1.29 is 17.9 Å². The molecular formula is C18H33F3IN5OS. The number of hydrogen-bond donors (Lipinski definition) is 1. The van der Waals surface area contributed by atoms with Crippen molar-refractivity contribution in [2.75, 3.05) is 77.6 Å². The summed E-state index contributed by atoms with van der Waals surface area (Å²) in [6.45, 7) is 7.42. The Kier molecular flexibility index (Phi) is 9.64. The molecule has 0 radical (unpaired) electrons. The van der Waals surface area contributed by atoms with Gasteiger partial charge in [0, 0.05) is 64.2 Å². The van der Waals surface area contributed by atoms with Crippen LogP contribution in [0.25, 0.3) is 0 Å². The van der Waals surface area contributed by atoms with Crippen molar-refractivity contribution >= 4 is 41.7 Å². The molecule has 3 aliphatic rings. The summed E-state index contributed by atoms with van der Waals surface area (Å²) in [4.78, 5) is 10.5. The van der Waals surface area contributed by atoms with E-state index in [0.29, 0.717) is 26.2 Å². The fourth-order valence-electron chi connectivity index (χ4n) is 4.24. The molecule has 0 aromatic carbocycles. The molecule has 3 fully saturated rings. The lowest BCUT2D eigenvalue weighted by Crippen LogP contribution is -2.61. The van der Waals surface area contributed by atoms with Gasteiger partial charge in [0.05, 0.1) is 13.2 Å². The Morgan fingerprint density at radius 1 is 1.17 bits per heavy atom. The minimum atomic E-state index is -4.17. The molecule has 3 heterocycles. The van der Waals surface area contributed by atoms with Crippen LogP contribution in [0.4, 0.5) is 13.2 Å². The van der Waals surface area contributed by atoms with Crippen LogP contribution in [0.5, 0.6) is 0 Å². The minimum absolute atomic E-state index is 0. The molecule has 0 aromatic heterocycles. The van der Waals surface area contributed by atoms with Gasteiger partial charge in [-0.3, -0.25) is 14.8 Å². The molecule has 1 N–H and O–H groups in total. The first-order chi connectivity index (χ1) is 13.4. The van der Waals surface area contributed by atoms with Crippen LogP contribution in [0, 0.1) is 0 Å². The van der Waals surface area contributed by atoms with Crippen molar-refractivity contribution in [1.82, 2.24) is 20.0 Å². The fourth-order valence-corrected chi connectivity index (χ4v) is 5.72. The van der Waals surface area contributed by atoms with Crippen LogP contribution in [0.15, 0.2) is 4.99 Å². The number of ether oxygens (including phenoxy) is 1. The van der Waals surface area contributed by atoms with Gasteiger partial charge >= 0.3 is 6.18 Å². The Bertz CT molecular complexity index is 534. The zero-order valence-corrected chi connectivity index (χ0v) is 20.4. The van der Waals surface area contributed by atoms with E-state index >= 15 is 0 Å². The van der Waals surface area contributed by atoms with E-state index in [9.17, 15) is 13.2 Å². The van der Waals surface area contributed by atoms with Gasteiger partial charge in [-0.2, -0.15) is 24.9 Å². The van der Waals surface area contributed by atoms with Gasteiger partial charge < -0.3 is 15.0 Å². The van der Waals surface area contributed by atoms with Crippen LogP contribution in [-0.2, 0) is 4.74 Å². The number of halogens is 4. The van der Waals surface area contributed by atoms with Gasteiger partial charge in [-0.05, 0) is 19.1 Å². The number of morpholine rings is 1. The van der Waals surface area contributed by atoms with E-state index in [1.807, 2.05) is 11.8 Å². The molecule has 2 atom stereocenters. The van der Waals surface area contributed by atoms with Gasteiger partial charge in [-0.25, -0.2) is 0 Å². The van der Waals surface area contributed by atoms with Crippen LogP contribution < -0.4 is 5.32 Å². The van der Waals surface area contributed by atoms with Crippen LogP contribution >= 0.6 is 35.7 Å². The number of rotatable bonds is 4. The molecule has 0 saturated carbocycles. The topological polar surface area (TPSA) is 43.3 Å². The summed E-state index contributed by atoms with van der Waals surface area (Å²) in [7, 11) is 1.75. The van der Waals surface area contributed by atoms with Gasteiger partial charge in [-0.15, -0.1) is 24.0 Å². The minimum Gasteiger partial charge on any atom is -0.379 e. The number of hydrogen-bond acceptors (Lipinski definition) is 5. The second-order valence-electron chi connectivity index (χ2n) is 7.77. The summed E-state index contributed by atoms with van der Waals surface area (Å²) in [6.07, 6.45) is -3.04. The van der Waals surface area contributed by atoms with E-state index in [-0.39, 0.29) is 29.5 Å². The van der Waals surface area contributed by atoms with E-state index in [1.165, 1.54) is 11.8 Å². The SMILES string of the molecule is CN=C(NCC1(N2CCOCC2)CCSC1)N1CCN(C(C)C(F)(F)F)CC1.I. The average molecular weight is 551 g/mol. The molecule has 3 rings (SSSR count). The molecule has 6 nitrogen and oxygen atoms in total. The van der Waals surface area contributed by atoms with Gasteiger partial charge in [0.1, 0.15) is 6.04 Å². The maximum atomic E-state index is 13.0. The number of guanidine groups is 1. The van der Waals surface area contributed by atoms with Crippen molar-refractivity contribution in [3.8, 4) is 0 Å². The lowest BCUT2D eigenvalue weighted by Gasteiger charge is -2.44. The molecule has 0 aromatic rings. The Morgan fingerprint density at radius 3 is 2.34 bits per heavy atom. The first-order valence-electron chi connectivity index (χ1n) is 10.0. The van der Waals surface area contributed by atoms with E-state index in [0.717, 1.165) is 56.7 Å². The van der Waals surface area contributed by atoms with Gasteiger partial charge in [0.25, 0.3) is 0 Å². The van der Waals surface area contributed by atoms with Crippen molar-refractivity contribution in [3.63, 3.8) is 0 Å². The maximum Gasteiger partial charge on any atom is 0.403 e. The summed E-state index contributed by atoms with van der Waals surface area (Å²) in [5, 5.41) is 3.53. The third kappa shape index (κ3) is 6.27. The highest BCUT2D eigenvalue weighted by Crippen LogP contribution is 2.33. The molecule has 0 amide bonds. The first-order valence-corrected chi connectivity index (χ1v) is 11.2. The zero-order chi connectivity index (χ0) is 20.2. The van der Waals surface area contributed by atoms with Gasteiger partial charge in [0.2, 0.25) is 0 Å². The van der Waals surface area contributed by atoms with Crippen LogP contribution in [-0.4, -0.2) is 116 Å². The zero-order valence-electron chi connectivity index (χ0n) is 17.2. The monoisotopic (exact) mass is 551 g/mol. The van der Waals surface area contributed by atoms with E-state index in [1.54, 1.807) is 7.05 Å². The van der Waals surface area contributed by atoms with Crippen molar-refractivity contribution in [3.05, 3.63) is 0 Å². The quantitative estimate of drug-likeness (QED) is 0.328. The van der Waals surface area contributed by atoms with Crippen LogP contribution in [0.1, 0.15) is 13.3 Å². The smallest absolute Gasteiger partial charge is 0.379 e. The fraction of sp³-hybridized carbons (Fsp3) is 0.944. The van der Waals surface area contributed by atoms with Crippen molar-refractivity contribution in [1.29, 1.82) is 0 Å². The van der Waals surface area contributed by atoms with Gasteiger partial charge in [-0.1, -0.05) is 0 Å². The lowest BCUT2D eigenvalue weighted by molar-refractivity contribution is -0.181. The third-order valence-corrected chi connectivity index (χ3v) is 7.42. The maximum absolute atomic E-state index is 13.0. The van der Waals surface area contributed by atoms with E-state index < -0.39 is 12.2 Å². The lowest BCUT2D eigenvalue weighted by atomic mass is 9.95. The van der Waals surface area contributed by atoms with Crippen LogP contribution in [0.2, 0.25) is 0 Å². The number of alkyl halides is 3.